The molecule has 1 aromatic heterocycles. The molecule has 1 aliphatic rings. The summed E-state index contributed by atoms with van der Waals surface area (Å²) in [5.74, 6) is 2.64. The second-order valence-electron chi connectivity index (χ2n) is 5.47. The van der Waals surface area contributed by atoms with Crippen molar-refractivity contribution in [1.29, 1.82) is 0 Å². The number of aromatic nitrogens is 2. The van der Waals surface area contributed by atoms with Crippen molar-refractivity contribution in [3.8, 4) is 0 Å². The summed E-state index contributed by atoms with van der Waals surface area (Å²) in [5, 5.41) is 3.62. The van der Waals surface area contributed by atoms with Crippen LogP contribution < -0.4 is 5.32 Å². The Bertz CT molecular complexity index is 341. The first-order chi connectivity index (χ1) is 8.20. The van der Waals surface area contributed by atoms with E-state index in [0.29, 0.717) is 5.92 Å². The van der Waals surface area contributed by atoms with Gasteiger partial charge in [0.25, 0.3) is 0 Å². The maximum Gasteiger partial charge on any atom is 0.108 e. The molecule has 1 saturated carbocycles. The molecule has 0 saturated heterocycles. The minimum absolute atomic E-state index is 0.689. The van der Waals surface area contributed by atoms with Crippen molar-refractivity contribution in [1.82, 2.24) is 14.9 Å². The lowest BCUT2D eigenvalue weighted by Gasteiger charge is -2.20. The Balaban J connectivity index is 1.80. The maximum absolute atomic E-state index is 4.46. The van der Waals surface area contributed by atoms with Crippen molar-refractivity contribution in [2.75, 3.05) is 6.54 Å². The van der Waals surface area contributed by atoms with Gasteiger partial charge in [-0.1, -0.05) is 13.8 Å². The number of hydrogen-bond donors (Lipinski definition) is 1. The Labute approximate surface area is 105 Å². The molecule has 0 radical (unpaired) electrons. The molecule has 0 spiro atoms. The van der Waals surface area contributed by atoms with Gasteiger partial charge in [0.2, 0.25) is 0 Å². The van der Waals surface area contributed by atoms with Crippen molar-refractivity contribution in [3.63, 3.8) is 0 Å². The van der Waals surface area contributed by atoms with Gasteiger partial charge in [0.05, 0.1) is 0 Å². The van der Waals surface area contributed by atoms with Gasteiger partial charge in [0.15, 0.2) is 0 Å². The van der Waals surface area contributed by atoms with Crippen LogP contribution in [0.2, 0.25) is 0 Å². The van der Waals surface area contributed by atoms with E-state index < -0.39 is 0 Å². The third kappa shape index (κ3) is 3.56. The fourth-order valence-electron chi connectivity index (χ4n) is 2.15. The summed E-state index contributed by atoms with van der Waals surface area (Å²) >= 11 is 0. The summed E-state index contributed by atoms with van der Waals surface area (Å²) < 4.78 is 2.25. The monoisotopic (exact) mass is 235 g/mol. The van der Waals surface area contributed by atoms with Crippen molar-refractivity contribution in [3.05, 3.63) is 18.2 Å². The van der Waals surface area contributed by atoms with Gasteiger partial charge in [0, 0.05) is 31.4 Å². The van der Waals surface area contributed by atoms with Gasteiger partial charge >= 0.3 is 0 Å². The number of hydrogen-bond acceptors (Lipinski definition) is 2. The summed E-state index contributed by atoms with van der Waals surface area (Å²) in [7, 11) is 0. The molecule has 2 rings (SSSR count). The zero-order chi connectivity index (χ0) is 12.3. The third-order valence-electron chi connectivity index (χ3n) is 3.92. The van der Waals surface area contributed by atoms with Gasteiger partial charge in [0.1, 0.15) is 5.82 Å². The molecular weight excluding hydrogens is 210 g/mol. The van der Waals surface area contributed by atoms with Crippen molar-refractivity contribution >= 4 is 0 Å². The summed E-state index contributed by atoms with van der Waals surface area (Å²) in [6.45, 7) is 9.04. The third-order valence-corrected chi connectivity index (χ3v) is 3.92. The highest BCUT2D eigenvalue weighted by atomic mass is 15.1. The first-order valence-electron chi connectivity index (χ1n) is 6.94. The molecule has 1 heterocycles. The average molecular weight is 235 g/mol. The predicted octanol–water partition coefficient (Wildman–Crippen LogP) is 2.47. The number of imidazole rings is 1. The molecule has 0 bridgehead atoms. The second kappa shape index (κ2) is 5.67. The standard InChI is InChI=1S/C14H25N3/c1-4-17-8-7-15-14(17)9-11(2)12(3)10-16-13-5-6-13/h7-8,11-13,16H,4-6,9-10H2,1-3H3. The quantitative estimate of drug-likeness (QED) is 0.787. The zero-order valence-corrected chi connectivity index (χ0v) is 11.3. The molecular formula is C14H25N3. The summed E-state index contributed by atoms with van der Waals surface area (Å²) in [5.41, 5.74) is 0. The van der Waals surface area contributed by atoms with Gasteiger partial charge in [-0.2, -0.15) is 0 Å². The smallest absolute Gasteiger partial charge is 0.108 e. The SMILES string of the molecule is CCn1ccnc1CC(C)C(C)CNC1CC1. The Kier molecular flexibility index (Phi) is 4.21. The van der Waals surface area contributed by atoms with Gasteiger partial charge in [-0.05, 0) is 38.1 Å². The average Bonchev–Trinajstić information content (AvgIpc) is 3.05. The van der Waals surface area contributed by atoms with Crippen LogP contribution in [0.15, 0.2) is 12.4 Å². The molecule has 3 nitrogen and oxygen atoms in total. The van der Waals surface area contributed by atoms with Crippen LogP contribution in [0, 0.1) is 11.8 Å². The Morgan fingerprint density at radius 1 is 1.41 bits per heavy atom. The number of aryl methyl sites for hydroxylation is 1. The maximum atomic E-state index is 4.46. The van der Waals surface area contributed by atoms with Crippen molar-refractivity contribution in [2.45, 2.75) is 52.6 Å². The number of nitrogens with zero attached hydrogens (tertiary/aromatic N) is 2. The first-order valence-corrected chi connectivity index (χ1v) is 6.94. The minimum atomic E-state index is 0.689. The summed E-state index contributed by atoms with van der Waals surface area (Å²) in [6, 6.07) is 0.822. The normalized spacial score (nSPS) is 19.2. The predicted molar refractivity (Wildman–Crippen MR) is 71.0 cm³/mol. The Hall–Kier alpha value is -0.830. The topological polar surface area (TPSA) is 29.9 Å². The van der Waals surface area contributed by atoms with E-state index in [0.717, 1.165) is 31.5 Å². The molecule has 1 fully saturated rings. The van der Waals surface area contributed by atoms with Gasteiger partial charge in [-0.25, -0.2) is 4.98 Å². The van der Waals surface area contributed by atoms with Crippen LogP contribution >= 0.6 is 0 Å². The van der Waals surface area contributed by atoms with Crippen LogP contribution in [-0.4, -0.2) is 22.1 Å². The molecule has 17 heavy (non-hydrogen) atoms. The van der Waals surface area contributed by atoms with Crippen molar-refractivity contribution in [2.24, 2.45) is 11.8 Å². The lowest BCUT2D eigenvalue weighted by molar-refractivity contribution is 0.355. The first kappa shape index (κ1) is 12.6. The lowest BCUT2D eigenvalue weighted by Crippen LogP contribution is -2.28. The minimum Gasteiger partial charge on any atom is -0.335 e. The molecule has 1 aliphatic carbocycles. The Morgan fingerprint density at radius 3 is 2.82 bits per heavy atom. The van der Waals surface area contributed by atoms with Gasteiger partial charge in [-0.3, -0.25) is 0 Å². The number of nitrogens with one attached hydrogen (secondary N) is 1. The van der Waals surface area contributed by atoms with E-state index in [-0.39, 0.29) is 0 Å². The molecule has 0 amide bonds. The van der Waals surface area contributed by atoms with Crippen LogP contribution in [0.5, 0.6) is 0 Å². The molecule has 0 aromatic carbocycles. The highest BCUT2D eigenvalue weighted by molar-refractivity contribution is 4.94. The van der Waals surface area contributed by atoms with Crippen LogP contribution in [0.4, 0.5) is 0 Å². The van der Waals surface area contributed by atoms with Crippen molar-refractivity contribution < 1.29 is 0 Å². The van der Waals surface area contributed by atoms with E-state index in [4.69, 9.17) is 0 Å². The van der Waals surface area contributed by atoms with Crippen LogP contribution in [-0.2, 0) is 13.0 Å². The highest BCUT2D eigenvalue weighted by Gasteiger charge is 2.22. The largest absolute Gasteiger partial charge is 0.335 e. The zero-order valence-electron chi connectivity index (χ0n) is 11.3. The fourth-order valence-corrected chi connectivity index (χ4v) is 2.15. The lowest BCUT2D eigenvalue weighted by atomic mass is 9.92. The van der Waals surface area contributed by atoms with Crippen LogP contribution in [0.25, 0.3) is 0 Å². The molecule has 96 valence electrons. The van der Waals surface area contributed by atoms with E-state index >= 15 is 0 Å². The second-order valence-corrected chi connectivity index (χ2v) is 5.47. The van der Waals surface area contributed by atoms with Gasteiger partial charge < -0.3 is 9.88 Å². The molecule has 0 aliphatic heterocycles. The van der Waals surface area contributed by atoms with Crippen LogP contribution in [0.1, 0.15) is 39.4 Å². The molecule has 1 aromatic rings. The molecule has 1 N–H and O–H groups in total. The fraction of sp³-hybridized carbons (Fsp3) is 0.786. The highest BCUT2D eigenvalue weighted by Crippen LogP contribution is 2.21. The van der Waals surface area contributed by atoms with E-state index in [1.165, 1.54) is 18.7 Å². The molecule has 3 heteroatoms. The van der Waals surface area contributed by atoms with E-state index in [1.807, 2.05) is 6.20 Å². The number of rotatable bonds is 7. The van der Waals surface area contributed by atoms with Crippen LogP contribution in [0.3, 0.4) is 0 Å². The molecule has 2 atom stereocenters. The summed E-state index contributed by atoms with van der Waals surface area (Å²) in [6.07, 6.45) is 7.84. The summed E-state index contributed by atoms with van der Waals surface area (Å²) in [4.78, 5) is 4.46. The van der Waals surface area contributed by atoms with E-state index in [9.17, 15) is 0 Å². The van der Waals surface area contributed by atoms with Gasteiger partial charge in [-0.15, -0.1) is 0 Å². The molecule has 2 unspecified atom stereocenters. The van der Waals surface area contributed by atoms with E-state index in [1.54, 1.807) is 0 Å². The Morgan fingerprint density at radius 2 is 2.18 bits per heavy atom. The van der Waals surface area contributed by atoms with E-state index in [2.05, 4.69) is 41.8 Å².